The predicted molar refractivity (Wildman–Crippen MR) is 112 cm³/mol. The number of aliphatic hydroxyl groups excluding tert-OH is 1. The molecule has 2 amide bonds. The van der Waals surface area contributed by atoms with E-state index in [0.29, 0.717) is 0 Å². The van der Waals surface area contributed by atoms with Gasteiger partial charge in [0.05, 0.1) is 18.0 Å². The van der Waals surface area contributed by atoms with Gasteiger partial charge in [0, 0.05) is 26.6 Å². The van der Waals surface area contributed by atoms with Crippen LogP contribution in [0.3, 0.4) is 0 Å². The largest absolute Gasteiger partial charge is 0.391 e. The Kier molecular flexibility index (Phi) is 6.81. The van der Waals surface area contributed by atoms with E-state index in [9.17, 15) is 14.7 Å². The Labute approximate surface area is 178 Å². The summed E-state index contributed by atoms with van der Waals surface area (Å²) in [6, 6.07) is -1.28. The molecule has 9 heteroatoms. The minimum Gasteiger partial charge on any atom is -0.391 e. The van der Waals surface area contributed by atoms with Crippen molar-refractivity contribution in [1.82, 2.24) is 30.1 Å². The molecule has 2 fully saturated rings. The Bertz CT molecular complexity index is 750. The van der Waals surface area contributed by atoms with Crippen molar-refractivity contribution in [2.45, 2.75) is 71.7 Å². The van der Waals surface area contributed by atoms with Gasteiger partial charge < -0.3 is 15.3 Å². The van der Waals surface area contributed by atoms with Crippen LogP contribution in [-0.4, -0.2) is 80.5 Å². The summed E-state index contributed by atoms with van der Waals surface area (Å²) >= 11 is 0. The fraction of sp³-hybridized carbons (Fsp3) is 0.810. The molecule has 0 spiro atoms. The molecule has 2 aliphatic heterocycles. The van der Waals surface area contributed by atoms with Gasteiger partial charge in [0.1, 0.15) is 12.1 Å². The Hall–Kier alpha value is -2.00. The molecule has 1 aromatic heterocycles. The third-order valence-electron chi connectivity index (χ3n) is 6.25. The maximum absolute atomic E-state index is 13.5. The molecule has 0 bridgehead atoms. The summed E-state index contributed by atoms with van der Waals surface area (Å²) in [6.07, 6.45) is 3.78. The van der Waals surface area contributed by atoms with Crippen molar-refractivity contribution in [2.75, 3.05) is 26.7 Å². The van der Waals surface area contributed by atoms with Crippen molar-refractivity contribution in [3.05, 3.63) is 11.9 Å². The van der Waals surface area contributed by atoms with Crippen molar-refractivity contribution in [2.24, 2.45) is 11.3 Å². The number of rotatable bonds is 5. The second-order valence-electron chi connectivity index (χ2n) is 9.93. The summed E-state index contributed by atoms with van der Waals surface area (Å²) in [6.45, 7) is 11.2. The van der Waals surface area contributed by atoms with E-state index in [1.165, 1.54) is 17.7 Å². The lowest BCUT2D eigenvalue weighted by Gasteiger charge is -2.34. The van der Waals surface area contributed by atoms with E-state index >= 15 is 0 Å². The molecule has 0 aromatic carbocycles. The van der Waals surface area contributed by atoms with Gasteiger partial charge in [-0.1, -0.05) is 32.9 Å². The van der Waals surface area contributed by atoms with E-state index in [2.05, 4.69) is 27.5 Å². The average molecular weight is 421 g/mol. The van der Waals surface area contributed by atoms with Crippen LogP contribution in [0, 0.1) is 11.3 Å². The summed E-state index contributed by atoms with van der Waals surface area (Å²) in [7, 11) is 1.54. The number of aliphatic hydroxyl groups is 1. The lowest BCUT2D eigenvalue weighted by Crippen LogP contribution is -2.49. The van der Waals surface area contributed by atoms with E-state index in [1.807, 2.05) is 27.0 Å². The van der Waals surface area contributed by atoms with Gasteiger partial charge in [-0.15, -0.1) is 5.10 Å². The van der Waals surface area contributed by atoms with Crippen LogP contribution in [0.5, 0.6) is 0 Å². The molecule has 0 aliphatic carbocycles. The molecule has 2 N–H and O–H groups in total. The number of nitrogens with one attached hydrogen (secondary N) is 1. The first-order valence-electron chi connectivity index (χ1n) is 10.9. The van der Waals surface area contributed by atoms with Gasteiger partial charge in [0.15, 0.2) is 0 Å². The smallest absolute Gasteiger partial charge is 0.248 e. The topological polar surface area (TPSA) is 104 Å². The van der Waals surface area contributed by atoms with Crippen molar-refractivity contribution < 1.29 is 14.7 Å². The molecule has 2 saturated heterocycles. The van der Waals surface area contributed by atoms with E-state index in [0.717, 1.165) is 31.2 Å². The molecule has 3 heterocycles. The molecule has 2 aliphatic rings. The molecule has 0 saturated carbocycles. The first-order chi connectivity index (χ1) is 14.1. The van der Waals surface area contributed by atoms with Crippen LogP contribution in [0.15, 0.2) is 6.20 Å². The average Bonchev–Trinajstić information content (AvgIpc) is 3.28. The summed E-state index contributed by atoms with van der Waals surface area (Å²) in [5.41, 5.74) is 0.402. The van der Waals surface area contributed by atoms with Crippen LogP contribution >= 0.6 is 0 Å². The summed E-state index contributed by atoms with van der Waals surface area (Å²) < 4.78 is 1.63. The maximum Gasteiger partial charge on any atom is 0.248 e. The first-order valence-corrected chi connectivity index (χ1v) is 10.9. The van der Waals surface area contributed by atoms with E-state index < -0.39 is 23.6 Å². The number of aromatic nitrogens is 3. The number of likely N-dealkylation sites (N-methyl/N-ethyl adjacent to an activating group) is 1. The van der Waals surface area contributed by atoms with Crippen molar-refractivity contribution in [3.63, 3.8) is 0 Å². The number of hydrogen-bond donors (Lipinski definition) is 2. The SMILES string of the molecule is CNC(=O)[C@H]1CC(O)CN1C(=O)C(n1cc(CN2CCC(C)CC2)nn1)C(C)(C)C. The number of nitrogens with zero attached hydrogens (tertiary/aromatic N) is 5. The Balaban J connectivity index is 1.79. The third kappa shape index (κ3) is 5.00. The molecular formula is C21H36N6O3. The van der Waals surface area contributed by atoms with Crippen LogP contribution in [0.25, 0.3) is 0 Å². The number of β-amino-alcohol motifs (C(OH)–C–C–N with tert-alkyl or cyclic N) is 1. The molecule has 3 rings (SSSR count). The number of amides is 2. The molecule has 0 radical (unpaired) electrons. The van der Waals surface area contributed by atoms with E-state index in [-0.39, 0.29) is 24.8 Å². The normalized spacial score (nSPS) is 24.8. The number of likely N-dealkylation sites (tertiary alicyclic amines) is 2. The number of carbonyl (C=O) groups excluding carboxylic acids is 2. The summed E-state index contributed by atoms with van der Waals surface area (Å²) in [5, 5.41) is 21.3. The highest BCUT2D eigenvalue weighted by molar-refractivity contribution is 5.90. The van der Waals surface area contributed by atoms with Gasteiger partial charge in [-0.25, -0.2) is 4.68 Å². The number of hydrogen-bond acceptors (Lipinski definition) is 6. The zero-order valence-electron chi connectivity index (χ0n) is 18.8. The standard InChI is InChI=1S/C21H36N6O3/c1-14-6-8-25(9-7-14)11-15-12-27(24-23-15)18(21(2,3)4)20(30)26-13-16(28)10-17(26)19(29)22-5/h12,14,16-18,28H,6-11,13H2,1-5H3,(H,22,29)/t16?,17-,18?/m1/s1. The Morgan fingerprint density at radius 3 is 2.57 bits per heavy atom. The highest BCUT2D eigenvalue weighted by atomic mass is 16.3. The molecule has 2 unspecified atom stereocenters. The van der Waals surface area contributed by atoms with Crippen LogP contribution in [-0.2, 0) is 16.1 Å². The van der Waals surface area contributed by atoms with Gasteiger partial charge in [-0.3, -0.25) is 14.5 Å². The first kappa shape index (κ1) is 22.7. The third-order valence-corrected chi connectivity index (χ3v) is 6.25. The van der Waals surface area contributed by atoms with Crippen LogP contribution in [0.4, 0.5) is 0 Å². The molecule has 3 atom stereocenters. The van der Waals surface area contributed by atoms with Crippen LogP contribution in [0.2, 0.25) is 0 Å². The summed E-state index contributed by atoms with van der Waals surface area (Å²) in [5.74, 6) is 0.297. The van der Waals surface area contributed by atoms with Gasteiger partial charge in [-0.2, -0.15) is 0 Å². The predicted octanol–water partition coefficient (Wildman–Crippen LogP) is 0.805. The van der Waals surface area contributed by atoms with Gasteiger partial charge in [0.2, 0.25) is 11.8 Å². The minimum atomic E-state index is -0.704. The molecule has 168 valence electrons. The summed E-state index contributed by atoms with van der Waals surface area (Å²) in [4.78, 5) is 29.7. The van der Waals surface area contributed by atoms with Gasteiger partial charge >= 0.3 is 0 Å². The van der Waals surface area contributed by atoms with Crippen LogP contribution < -0.4 is 5.32 Å². The Morgan fingerprint density at radius 1 is 1.30 bits per heavy atom. The molecule has 1 aromatic rings. The van der Waals surface area contributed by atoms with Crippen molar-refractivity contribution >= 4 is 11.8 Å². The monoisotopic (exact) mass is 420 g/mol. The van der Waals surface area contributed by atoms with Crippen LogP contribution in [0.1, 0.15) is 58.7 Å². The Morgan fingerprint density at radius 2 is 1.97 bits per heavy atom. The molecule has 30 heavy (non-hydrogen) atoms. The lowest BCUT2D eigenvalue weighted by molar-refractivity contribution is -0.144. The minimum absolute atomic E-state index is 0.150. The van der Waals surface area contributed by atoms with Gasteiger partial charge in [-0.05, 0) is 37.3 Å². The van der Waals surface area contributed by atoms with Crippen molar-refractivity contribution in [1.29, 1.82) is 0 Å². The highest BCUT2D eigenvalue weighted by Gasteiger charge is 2.45. The zero-order valence-corrected chi connectivity index (χ0v) is 18.8. The second kappa shape index (κ2) is 9.01. The zero-order chi connectivity index (χ0) is 22.1. The number of carbonyl (C=O) groups is 2. The highest BCUT2D eigenvalue weighted by Crippen LogP contribution is 2.34. The maximum atomic E-state index is 13.5. The van der Waals surface area contributed by atoms with E-state index in [4.69, 9.17) is 0 Å². The van der Waals surface area contributed by atoms with Gasteiger partial charge in [0.25, 0.3) is 0 Å². The quantitative estimate of drug-likeness (QED) is 0.731. The lowest BCUT2D eigenvalue weighted by atomic mass is 9.85. The van der Waals surface area contributed by atoms with Crippen molar-refractivity contribution in [3.8, 4) is 0 Å². The fourth-order valence-electron chi connectivity index (χ4n) is 4.47. The van der Waals surface area contributed by atoms with E-state index in [1.54, 1.807) is 11.7 Å². The fourth-order valence-corrected chi connectivity index (χ4v) is 4.47. The number of piperidine rings is 1. The molecular weight excluding hydrogens is 384 g/mol. The molecule has 9 nitrogen and oxygen atoms in total. The second-order valence-corrected chi connectivity index (χ2v) is 9.93.